The molecule has 0 aliphatic heterocycles. The second kappa shape index (κ2) is 4.36. The zero-order valence-corrected chi connectivity index (χ0v) is 9.27. The van der Waals surface area contributed by atoms with Crippen molar-refractivity contribution in [2.75, 3.05) is 5.75 Å². The molecule has 1 aliphatic carbocycles. The standard InChI is InChI=1S/C11H20S/c1-8-7-9(2)11(10(8)3)5-4-6-12/h7-8,10-12H,4-6H2,1-3H3. The maximum Gasteiger partial charge on any atom is -0.00977 e. The molecule has 0 heterocycles. The van der Waals surface area contributed by atoms with Gasteiger partial charge in [0.25, 0.3) is 0 Å². The van der Waals surface area contributed by atoms with E-state index in [0.717, 1.165) is 23.5 Å². The summed E-state index contributed by atoms with van der Waals surface area (Å²) in [6, 6.07) is 0. The van der Waals surface area contributed by atoms with E-state index in [1.807, 2.05) is 0 Å². The van der Waals surface area contributed by atoms with E-state index in [1.165, 1.54) is 12.8 Å². The van der Waals surface area contributed by atoms with Gasteiger partial charge in [-0.15, -0.1) is 0 Å². The summed E-state index contributed by atoms with van der Waals surface area (Å²) in [5.74, 6) is 3.51. The highest BCUT2D eigenvalue weighted by Gasteiger charge is 2.28. The van der Waals surface area contributed by atoms with Crippen molar-refractivity contribution >= 4 is 12.6 Å². The Hall–Kier alpha value is 0.0900. The Balaban J connectivity index is 2.48. The largest absolute Gasteiger partial charge is 0.179 e. The van der Waals surface area contributed by atoms with Gasteiger partial charge in [0.1, 0.15) is 0 Å². The minimum absolute atomic E-state index is 0.787. The van der Waals surface area contributed by atoms with Crippen LogP contribution < -0.4 is 0 Å². The van der Waals surface area contributed by atoms with Gasteiger partial charge in [0.15, 0.2) is 0 Å². The van der Waals surface area contributed by atoms with E-state index < -0.39 is 0 Å². The highest BCUT2D eigenvalue weighted by atomic mass is 32.1. The Kier molecular flexibility index (Phi) is 3.70. The first-order valence-electron chi connectivity index (χ1n) is 4.96. The molecule has 70 valence electrons. The molecule has 3 unspecified atom stereocenters. The molecule has 0 fully saturated rings. The molecule has 0 aromatic rings. The fourth-order valence-corrected chi connectivity index (χ4v) is 2.46. The summed E-state index contributed by atoms with van der Waals surface area (Å²) in [4.78, 5) is 0. The predicted molar refractivity (Wildman–Crippen MR) is 58.7 cm³/mol. The van der Waals surface area contributed by atoms with Gasteiger partial charge in [-0.1, -0.05) is 25.5 Å². The van der Waals surface area contributed by atoms with Gasteiger partial charge in [0.2, 0.25) is 0 Å². The monoisotopic (exact) mass is 184 g/mol. The minimum atomic E-state index is 0.787. The minimum Gasteiger partial charge on any atom is -0.179 e. The lowest BCUT2D eigenvalue weighted by Crippen LogP contribution is -2.11. The van der Waals surface area contributed by atoms with Crippen LogP contribution in [0.3, 0.4) is 0 Å². The predicted octanol–water partition coefficient (Wildman–Crippen LogP) is 3.54. The molecule has 1 rings (SSSR count). The van der Waals surface area contributed by atoms with E-state index in [2.05, 4.69) is 39.5 Å². The van der Waals surface area contributed by atoms with Crippen LogP contribution in [0.4, 0.5) is 0 Å². The molecule has 12 heavy (non-hydrogen) atoms. The summed E-state index contributed by atoms with van der Waals surface area (Å²) in [6.07, 6.45) is 5.03. The van der Waals surface area contributed by atoms with Crippen LogP contribution in [-0.4, -0.2) is 5.75 Å². The highest BCUT2D eigenvalue weighted by Crippen LogP contribution is 2.38. The topological polar surface area (TPSA) is 0 Å². The molecular weight excluding hydrogens is 164 g/mol. The van der Waals surface area contributed by atoms with Gasteiger partial charge >= 0.3 is 0 Å². The van der Waals surface area contributed by atoms with E-state index in [1.54, 1.807) is 5.57 Å². The molecule has 0 spiro atoms. The van der Waals surface area contributed by atoms with Crippen LogP contribution in [0.2, 0.25) is 0 Å². The van der Waals surface area contributed by atoms with E-state index >= 15 is 0 Å². The number of hydrogen-bond donors (Lipinski definition) is 1. The van der Waals surface area contributed by atoms with Crippen LogP contribution >= 0.6 is 12.6 Å². The fraction of sp³-hybridized carbons (Fsp3) is 0.818. The number of thiol groups is 1. The van der Waals surface area contributed by atoms with Crippen molar-refractivity contribution in [1.82, 2.24) is 0 Å². The van der Waals surface area contributed by atoms with Gasteiger partial charge in [0.05, 0.1) is 0 Å². The highest BCUT2D eigenvalue weighted by molar-refractivity contribution is 7.80. The molecule has 0 amide bonds. The molecule has 0 saturated heterocycles. The van der Waals surface area contributed by atoms with Crippen molar-refractivity contribution in [3.05, 3.63) is 11.6 Å². The molecule has 0 aromatic carbocycles. The van der Waals surface area contributed by atoms with E-state index in [4.69, 9.17) is 0 Å². The normalized spacial score (nSPS) is 35.3. The Labute approximate surface area is 81.8 Å². The number of allylic oxidation sites excluding steroid dienone is 2. The summed E-state index contributed by atoms with van der Waals surface area (Å²) in [5.41, 5.74) is 1.61. The van der Waals surface area contributed by atoms with Gasteiger partial charge in [0, 0.05) is 0 Å². The summed E-state index contributed by atoms with van der Waals surface area (Å²) >= 11 is 4.26. The molecule has 0 nitrogen and oxygen atoms in total. The first-order chi connectivity index (χ1) is 5.66. The molecule has 0 radical (unpaired) electrons. The fourth-order valence-electron chi connectivity index (χ4n) is 2.27. The third-order valence-corrected chi connectivity index (χ3v) is 3.56. The van der Waals surface area contributed by atoms with Crippen LogP contribution in [-0.2, 0) is 0 Å². The second-order valence-corrected chi connectivity index (χ2v) is 4.55. The molecule has 1 aliphatic rings. The summed E-state index contributed by atoms with van der Waals surface area (Å²) in [5, 5.41) is 0. The van der Waals surface area contributed by atoms with Crippen molar-refractivity contribution in [3.63, 3.8) is 0 Å². The zero-order valence-electron chi connectivity index (χ0n) is 8.38. The summed E-state index contributed by atoms with van der Waals surface area (Å²) in [7, 11) is 0. The van der Waals surface area contributed by atoms with Crippen molar-refractivity contribution in [2.24, 2.45) is 17.8 Å². The van der Waals surface area contributed by atoms with Crippen molar-refractivity contribution < 1.29 is 0 Å². The lowest BCUT2D eigenvalue weighted by atomic mass is 9.86. The van der Waals surface area contributed by atoms with Crippen molar-refractivity contribution in [2.45, 2.75) is 33.6 Å². The summed E-state index contributed by atoms with van der Waals surface area (Å²) in [6.45, 7) is 6.99. The van der Waals surface area contributed by atoms with Gasteiger partial charge in [-0.25, -0.2) is 0 Å². The molecule has 0 saturated carbocycles. The maximum atomic E-state index is 4.26. The SMILES string of the molecule is CC1=CC(C)C(C)C1CCCS. The average Bonchev–Trinajstić information content (AvgIpc) is 2.25. The lowest BCUT2D eigenvalue weighted by Gasteiger charge is -2.19. The maximum absolute atomic E-state index is 4.26. The molecular formula is C11H20S. The number of hydrogen-bond acceptors (Lipinski definition) is 1. The number of rotatable bonds is 3. The van der Waals surface area contributed by atoms with Crippen molar-refractivity contribution in [3.8, 4) is 0 Å². The molecule has 0 bridgehead atoms. The van der Waals surface area contributed by atoms with Crippen LogP contribution in [0.15, 0.2) is 11.6 Å². The van der Waals surface area contributed by atoms with E-state index in [-0.39, 0.29) is 0 Å². The quantitative estimate of drug-likeness (QED) is 0.503. The van der Waals surface area contributed by atoms with Gasteiger partial charge in [-0.05, 0) is 43.3 Å². The first-order valence-corrected chi connectivity index (χ1v) is 5.59. The molecule has 0 aromatic heterocycles. The van der Waals surface area contributed by atoms with Crippen molar-refractivity contribution in [1.29, 1.82) is 0 Å². The first kappa shape index (κ1) is 10.2. The Morgan fingerprint density at radius 2 is 2.08 bits per heavy atom. The third kappa shape index (κ3) is 2.07. The van der Waals surface area contributed by atoms with E-state index in [0.29, 0.717) is 0 Å². The van der Waals surface area contributed by atoms with Crippen LogP contribution in [0.1, 0.15) is 33.6 Å². The van der Waals surface area contributed by atoms with E-state index in [9.17, 15) is 0 Å². The van der Waals surface area contributed by atoms with Gasteiger partial charge in [-0.3, -0.25) is 0 Å². The Bertz CT molecular complexity index is 172. The zero-order chi connectivity index (χ0) is 9.14. The molecule has 3 atom stereocenters. The Morgan fingerprint density at radius 1 is 1.42 bits per heavy atom. The summed E-state index contributed by atoms with van der Waals surface area (Å²) < 4.78 is 0. The van der Waals surface area contributed by atoms with Crippen LogP contribution in [0.25, 0.3) is 0 Å². The van der Waals surface area contributed by atoms with Gasteiger partial charge < -0.3 is 0 Å². The molecule has 0 N–H and O–H groups in total. The second-order valence-electron chi connectivity index (χ2n) is 4.10. The smallest absolute Gasteiger partial charge is 0.00977 e. The van der Waals surface area contributed by atoms with Crippen LogP contribution in [0.5, 0.6) is 0 Å². The average molecular weight is 184 g/mol. The lowest BCUT2D eigenvalue weighted by molar-refractivity contribution is 0.354. The third-order valence-electron chi connectivity index (χ3n) is 3.25. The van der Waals surface area contributed by atoms with Gasteiger partial charge in [-0.2, -0.15) is 12.6 Å². The Morgan fingerprint density at radius 3 is 2.50 bits per heavy atom. The molecule has 1 heteroatoms. The van der Waals surface area contributed by atoms with Crippen LogP contribution in [0, 0.1) is 17.8 Å².